The third kappa shape index (κ3) is 3.40. The van der Waals surface area contributed by atoms with Crippen LogP contribution in [0.5, 0.6) is 0 Å². The van der Waals surface area contributed by atoms with Crippen LogP contribution in [0.2, 0.25) is 0 Å². The number of hydrogen-bond donors (Lipinski definition) is 1. The van der Waals surface area contributed by atoms with Gasteiger partial charge in [0.2, 0.25) is 0 Å². The first-order valence-electron chi connectivity index (χ1n) is 5.16. The summed E-state index contributed by atoms with van der Waals surface area (Å²) in [6.07, 6.45) is 2.02. The molecule has 1 fully saturated rings. The summed E-state index contributed by atoms with van der Waals surface area (Å²) >= 11 is 0. The molecule has 0 aromatic rings. The lowest BCUT2D eigenvalue weighted by Crippen LogP contribution is -2.43. The fraction of sp³-hybridized carbons (Fsp3) is 0.818. The lowest BCUT2D eigenvalue weighted by Gasteiger charge is -2.26. The fourth-order valence-electron chi connectivity index (χ4n) is 1.58. The Labute approximate surface area is 86.5 Å². The van der Waals surface area contributed by atoms with Gasteiger partial charge in [0.1, 0.15) is 5.60 Å². The summed E-state index contributed by atoms with van der Waals surface area (Å²) in [6, 6.07) is 0. The second kappa shape index (κ2) is 5.49. The monoisotopic (exact) mass is 199 g/mol. The number of rotatable bonds is 6. The van der Waals surface area contributed by atoms with E-state index in [2.05, 4.69) is 11.9 Å². The van der Waals surface area contributed by atoms with Crippen LogP contribution in [0.15, 0.2) is 12.2 Å². The standard InChI is InChI=1S/C11H21NO2/c1-10(2)4-6-12-8-11(13-3)5-7-14-9-11/h12H,1,4-9H2,2-3H3. The molecule has 0 aromatic carbocycles. The minimum absolute atomic E-state index is 0.0882. The van der Waals surface area contributed by atoms with Gasteiger partial charge < -0.3 is 14.8 Å². The molecule has 0 aromatic heterocycles. The van der Waals surface area contributed by atoms with Crippen LogP contribution >= 0.6 is 0 Å². The van der Waals surface area contributed by atoms with Crippen molar-refractivity contribution >= 4 is 0 Å². The second-order valence-corrected chi connectivity index (χ2v) is 4.07. The van der Waals surface area contributed by atoms with Gasteiger partial charge in [-0.05, 0) is 19.9 Å². The molecule has 0 saturated carbocycles. The predicted octanol–water partition coefficient (Wildman–Crippen LogP) is 1.35. The van der Waals surface area contributed by atoms with Crippen molar-refractivity contribution in [2.45, 2.75) is 25.4 Å². The Hall–Kier alpha value is -0.380. The van der Waals surface area contributed by atoms with Crippen LogP contribution in [-0.2, 0) is 9.47 Å². The number of hydrogen-bond acceptors (Lipinski definition) is 3. The highest BCUT2D eigenvalue weighted by Gasteiger charge is 2.34. The highest BCUT2D eigenvalue weighted by Crippen LogP contribution is 2.21. The van der Waals surface area contributed by atoms with Crippen molar-refractivity contribution in [2.24, 2.45) is 0 Å². The Kier molecular flexibility index (Phi) is 4.58. The first-order valence-corrected chi connectivity index (χ1v) is 5.16. The molecule has 1 atom stereocenters. The van der Waals surface area contributed by atoms with Gasteiger partial charge in [0.25, 0.3) is 0 Å². The molecule has 1 N–H and O–H groups in total. The van der Waals surface area contributed by atoms with E-state index >= 15 is 0 Å². The first-order chi connectivity index (χ1) is 6.68. The van der Waals surface area contributed by atoms with Crippen LogP contribution in [0.1, 0.15) is 19.8 Å². The van der Waals surface area contributed by atoms with Crippen molar-refractivity contribution in [3.63, 3.8) is 0 Å². The van der Waals surface area contributed by atoms with Crippen LogP contribution in [0.4, 0.5) is 0 Å². The Morgan fingerprint density at radius 2 is 2.43 bits per heavy atom. The van der Waals surface area contributed by atoms with E-state index in [1.807, 2.05) is 6.92 Å². The Morgan fingerprint density at radius 1 is 1.64 bits per heavy atom. The SMILES string of the molecule is C=C(C)CCNCC1(OC)CCOC1. The van der Waals surface area contributed by atoms with E-state index in [-0.39, 0.29) is 5.60 Å². The number of nitrogens with one attached hydrogen (secondary N) is 1. The van der Waals surface area contributed by atoms with Crippen LogP contribution in [-0.4, -0.2) is 39.0 Å². The third-order valence-corrected chi connectivity index (χ3v) is 2.68. The minimum atomic E-state index is -0.0882. The molecule has 0 amide bonds. The highest BCUT2D eigenvalue weighted by molar-refractivity contribution is 4.90. The molecule has 14 heavy (non-hydrogen) atoms. The average molecular weight is 199 g/mol. The van der Waals surface area contributed by atoms with E-state index in [9.17, 15) is 0 Å². The summed E-state index contributed by atoms with van der Waals surface area (Å²) in [5, 5.41) is 3.38. The smallest absolute Gasteiger partial charge is 0.106 e. The first kappa shape index (κ1) is 11.7. The molecular formula is C11H21NO2. The summed E-state index contributed by atoms with van der Waals surface area (Å²) in [4.78, 5) is 0. The molecule has 1 saturated heterocycles. The molecule has 0 bridgehead atoms. The van der Waals surface area contributed by atoms with Gasteiger partial charge in [-0.3, -0.25) is 0 Å². The van der Waals surface area contributed by atoms with Gasteiger partial charge in [0.05, 0.1) is 6.61 Å². The number of ether oxygens (including phenoxy) is 2. The molecule has 1 heterocycles. The lowest BCUT2D eigenvalue weighted by molar-refractivity contribution is -0.0155. The molecule has 1 aliphatic heterocycles. The van der Waals surface area contributed by atoms with Crippen LogP contribution in [0, 0.1) is 0 Å². The molecule has 1 unspecified atom stereocenters. The molecular weight excluding hydrogens is 178 g/mol. The molecule has 82 valence electrons. The van der Waals surface area contributed by atoms with Crippen molar-refractivity contribution in [2.75, 3.05) is 33.4 Å². The molecule has 0 radical (unpaired) electrons. The van der Waals surface area contributed by atoms with E-state index in [0.717, 1.165) is 32.5 Å². The largest absolute Gasteiger partial charge is 0.378 e. The van der Waals surface area contributed by atoms with E-state index in [0.29, 0.717) is 6.61 Å². The lowest BCUT2D eigenvalue weighted by atomic mass is 10.0. The average Bonchev–Trinajstić information content (AvgIpc) is 2.62. The normalized spacial score (nSPS) is 26.7. The zero-order valence-electron chi connectivity index (χ0n) is 9.27. The van der Waals surface area contributed by atoms with Crippen molar-refractivity contribution in [3.8, 4) is 0 Å². The summed E-state index contributed by atoms with van der Waals surface area (Å²) in [5.41, 5.74) is 1.13. The van der Waals surface area contributed by atoms with Gasteiger partial charge in [-0.15, -0.1) is 6.58 Å². The minimum Gasteiger partial charge on any atom is -0.378 e. The Morgan fingerprint density at radius 3 is 2.93 bits per heavy atom. The third-order valence-electron chi connectivity index (χ3n) is 2.68. The van der Waals surface area contributed by atoms with Gasteiger partial charge in [0, 0.05) is 26.7 Å². The predicted molar refractivity (Wildman–Crippen MR) is 57.5 cm³/mol. The van der Waals surface area contributed by atoms with Gasteiger partial charge in [-0.1, -0.05) is 5.57 Å². The van der Waals surface area contributed by atoms with Crippen LogP contribution in [0.3, 0.4) is 0 Å². The zero-order chi connectivity index (χ0) is 10.4. The van der Waals surface area contributed by atoms with Crippen molar-refractivity contribution < 1.29 is 9.47 Å². The quantitative estimate of drug-likeness (QED) is 0.517. The van der Waals surface area contributed by atoms with Crippen molar-refractivity contribution in [1.82, 2.24) is 5.32 Å². The maximum atomic E-state index is 5.50. The fourth-order valence-corrected chi connectivity index (χ4v) is 1.58. The van der Waals surface area contributed by atoms with Gasteiger partial charge in [-0.25, -0.2) is 0 Å². The summed E-state index contributed by atoms with van der Waals surface area (Å²) in [5.74, 6) is 0. The molecule has 0 spiro atoms. The second-order valence-electron chi connectivity index (χ2n) is 4.07. The Bertz CT molecular complexity index is 186. The van der Waals surface area contributed by atoms with Crippen molar-refractivity contribution in [1.29, 1.82) is 0 Å². The van der Waals surface area contributed by atoms with Gasteiger partial charge in [-0.2, -0.15) is 0 Å². The molecule has 3 heteroatoms. The van der Waals surface area contributed by atoms with Gasteiger partial charge in [0.15, 0.2) is 0 Å². The van der Waals surface area contributed by atoms with E-state index in [1.165, 1.54) is 5.57 Å². The van der Waals surface area contributed by atoms with Gasteiger partial charge >= 0.3 is 0 Å². The van der Waals surface area contributed by atoms with E-state index in [4.69, 9.17) is 9.47 Å². The summed E-state index contributed by atoms with van der Waals surface area (Å²) < 4.78 is 10.8. The maximum Gasteiger partial charge on any atom is 0.106 e. The highest BCUT2D eigenvalue weighted by atomic mass is 16.5. The molecule has 1 rings (SSSR count). The summed E-state index contributed by atoms with van der Waals surface area (Å²) in [6.45, 7) is 9.29. The van der Waals surface area contributed by atoms with E-state index in [1.54, 1.807) is 7.11 Å². The molecule has 0 aliphatic carbocycles. The number of methoxy groups -OCH3 is 1. The van der Waals surface area contributed by atoms with Crippen LogP contribution < -0.4 is 5.32 Å². The van der Waals surface area contributed by atoms with Crippen molar-refractivity contribution in [3.05, 3.63) is 12.2 Å². The van der Waals surface area contributed by atoms with E-state index < -0.39 is 0 Å². The topological polar surface area (TPSA) is 30.5 Å². The van der Waals surface area contributed by atoms with Crippen LogP contribution in [0.25, 0.3) is 0 Å². The molecule has 1 aliphatic rings. The molecule has 3 nitrogen and oxygen atoms in total. The zero-order valence-corrected chi connectivity index (χ0v) is 9.27. The maximum absolute atomic E-state index is 5.50. The summed E-state index contributed by atoms with van der Waals surface area (Å²) in [7, 11) is 1.76. The Balaban J connectivity index is 2.18.